The number of rotatable bonds is 3. The third kappa shape index (κ3) is 3.33. The van der Waals surface area contributed by atoms with E-state index in [-0.39, 0.29) is 5.97 Å². The Morgan fingerprint density at radius 2 is 2.00 bits per heavy atom. The highest BCUT2D eigenvalue weighted by Crippen LogP contribution is 2.19. The summed E-state index contributed by atoms with van der Waals surface area (Å²) in [4.78, 5) is 14.1. The van der Waals surface area contributed by atoms with E-state index in [0.29, 0.717) is 5.56 Å². The summed E-state index contributed by atoms with van der Waals surface area (Å²) in [6, 6.07) is 3.87. The molecular weight excluding hydrogens is 240 g/mol. The molecule has 0 aliphatic carbocycles. The van der Waals surface area contributed by atoms with Gasteiger partial charge in [0.1, 0.15) is 0 Å². The molecule has 0 radical (unpaired) electrons. The Morgan fingerprint density at radius 1 is 1.32 bits per heavy atom. The number of piperazine rings is 1. The molecule has 1 aliphatic heterocycles. The average Bonchev–Trinajstić information content (AvgIpc) is 2.44. The van der Waals surface area contributed by atoms with Gasteiger partial charge in [0.15, 0.2) is 0 Å². The van der Waals surface area contributed by atoms with Crippen LogP contribution in [0.5, 0.6) is 0 Å². The van der Waals surface area contributed by atoms with E-state index in [1.165, 1.54) is 18.2 Å². The predicted molar refractivity (Wildman–Crippen MR) is 75.4 cm³/mol. The highest BCUT2D eigenvalue weighted by atomic mass is 16.5. The highest BCUT2D eigenvalue weighted by molar-refractivity contribution is 5.90. The van der Waals surface area contributed by atoms with Crippen LogP contribution in [0, 0.1) is 13.8 Å². The minimum Gasteiger partial charge on any atom is -0.465 e. The molecule has 0 unspecified atom stereocenters. The normalized spacial score (nSPS) is 16.4. The first kappa shape index (κ1) is 14.0. The largest absolute Gasteiger partial charge is 0.465 e. The first-order valence-electron chi connectivity index (χ1n) is 6.73. The van der Waals surface area contributed by atoms with Crippen LogP contribution >= 0.6 is 0 Å². The third-order valence-corrected chi connectivity index (χ3v) is 3.80. The Kier molecular flexibility index (Phi) is 4.56. The molecule has 0 aromatic heterocycles. The molecule has 1 aromatic rings. The van der Waals surface area contributed by atoms with E-state index in [0.717, 1.165) is 38.3 Å². The molecule has 0 atom stereocenters. The van der Waals surface area contributed by atoms with Gasteiger partial charge in [0.05, 0.1) is 12.7 Å². The van der Waals surface area contributed by atoms with Crippen molar-refractivity contribution in [2.24, 2.45) is 0 Å². The van der Waals surface area contributed by atoms with Crippen LogP contribution in [0.2, 0.25) is 0 Å². The van der Waals surface area contributed by atoms with Gasteiger partial charge >= 0.3 is 5.97 Å². The molecular formula is C15H22N2O2. The van der Waals surface area contributed by atoms with Crippen LogP contribution in [0.4, 0.5) is 0 Å². The van der Waals surface area contributed by atoms with Gasteiger partial charge in [-0.3, -0.25) is 4.90 Å². The molecule has 1 saturated heterocycles. The molecule has 0 bridgehead atoms. The Labute approximate surface area is 114 Å². The number of esters is 1. The number of hydrogen-bond donors (Lipinski definition) is 1. The number of carbonyl (C=O) groups is 1. The zero-order valence-corrected chi connectivity index (χ0v) is 12.0. The van der Waals surface area contributed by atoms with Crippen molar-refractivity contribution in [3.63, 3.8) is 0 Å². The van der Waals surface area contributed by atoms with Crippen molar-refractivity contribution < 1.29 is 9.53 Å². The smallest absolute Gasteiger partial charge is 0.337 e. The molecule has 0 spiro atoms. The zero-order valence-electron chi connectivity index (χ0n) is 12.0. The maximum absolute atomic E-state index is 11.7. The van der Waals surface area contributed by atoms with Crippen LogP contribution in [0.25, 0.3) is 0 Å². The number of nitrogens with zero attached hydrogens (tertiary/aromatic N) is 1. The zero-order chi connectivity index (χ0) is 13.8. The SMILES string of the molecule is COC(=O)c1cc(C)c(C)c(CN2CCNCC2)c1. The van der Waals surface area contributed by atoms with Crippen LogP contribution < -0.4 is 5.32 Å². The second-order valence-corrected chi connectivity index (χ2v) is 5.09. The summed E-state index contributed by atoms with van der Waals surface area (Å²) in [6.45, 7) is 9.25. The topological polar surface area (TPSA) is 41.6 Å². The lowest BCUT2D eigenvalue weighted by molar-refractivity contribution is 0.0600. The van der Waals surface area contributed by atoms with E-state index < -0.39 is 0 Å². The van der Waals surface area contributed by atoms with E-state index >= 15 is 0 Å². The molecule has 0 saturated carbocycles. The monoisotopic (exact) mass is 262 g/mol. The van der Waals surface area contributed by atoms with E-state index in [2.05, 4.69) is 17.1 Å². The van der Waals surface area contributed by atoms with Gasteiger partial charge in [-0.05, 0) is 42.7 Å². The lowest BCUT2D eigenvalue weighted by Crippen LogP contribution is -2.43. The van der Waals surface area contributed by atoms with Gasteiger partial charge in [-0.25, -0.2) is 4.79 Å². The maximum Gasteiger partial charge on any atom is 0.337 e. The van der Waals surface area contributed by atoms with Crippen LogP contribution in [0.1, 0.15) is 27.0 Å². The first-order valence-corrected chi connectivity index (χ1v) is 6.73. The van der Waals surface area contributed by atoms with E-state index in [4.69, 9.17) is 4.74 Å². The Hall–Kier alpha value is -1.39. The second kappa shape index (κ2) is 6.17. The molecule has 1 aliphatic rings. The summed E-state index contributed by atoms with van der Waals surface area (Å²) < 4.78 is 4.81. The number of hydrogen-bond acceptors (Lipinski definition) is 4. The molecule has 0 amide bonds. The van der Waals surface area contributed by atoms with Crippen LogP contribution in [-0.2, 0) is 11.3 Å². The van der Waals surface area contributed by atoms with Crippen LogP contribution in [0.15, 0.2) is 12.1 Å². The summed E-state index contributed by atoms with van der Waals surface area (Å²) >= 11 is 0. The maximum atomic E-state index is 11.7. The predicted octanol–water partition coefficient (Wildman–Crippen LogP) is 1.50. The standard InChI is InChI=1S/C15H22N2O2/c1-11-8-13(15(18)19-3)9-14(12(11)2)10-17-6-4-16-5-7-17/h8-9,16H,4-7,10H2,1-3H3. The van der Waals surface area contributed by atoms with E-state index in [1.807, 2.05) is 19.1 Å². The van der Waals surface area contributed by atoms with Crippen LogP contribution in [-0.4, -0.2) is 44.2 Å². The van der Waals surface area contributed by atoms with Gasteiger partial charge in [0.2, 0.25) is 0 Å². The van der Waals surface area contributed by atoms with Gasteiger partial charge in [-0.15, -0.1) is 0 Å². The fraction of sp³-hybridized carbons (Fsp3) is 0.533. The van der Waals surface area contributed by atoms with Gasteiger partial charge < -0.3 is 10.1 Å². The minimum absolute atomic E-state index is 0.260. The lowest BCUT2D eigenvalue weighted by Gasteiger charge is -2.28. The molecule has 1 aromatic carbocycles. The number of carbonyl (C=O) groups excluding carboxylic acids is 1. The van der Waals surface area contributed by atoms with Crippen molar-refractivity contribution >= 4 is 5.97 Å². The molecule has 1 heterocycles. The molecule has 4 heteroatoms. The van der Waals surface area contributed by atoms with Crippen LogP contribution in [0.3, 0.4) is 0 Å². The quantitative estimate of drug-likeness (QED) is 0.838. The Bertz CT molecular complexity index is 465. The fourth-order valence-electron chi connectivity index (χ4n) is 2.44. The number of aryl methyl sites for hydroxylation is 1. The summed E-state index contributed by atoms with van der Waals surface area (Å²) in [6.07, 6.45) is 0. The highest BCUT2D eigenvalue weighted by Gasteiger charge is 2.15. The summed E-state index contributed by atoms with van der Waals surface area (Å²) in [5.74, 6) is -0.260. The average molecular weight is 262 g/mol. The summed E-state index contributed by atoms with van der Waals surface area (Å²) in [5, 5.41) is 3.35. The van der Waals surface area contributed by atoms with Gasteiger partial charge in [0.25, 0.3) is 0 Å². The van der Waals surface area contributed by atoms with Crippen molar-refractivity contribution in [2.75, 3.05) is 33.3 Å². The summed E-state index contributed by atoms with van der Waals surface area (Å²) in [5.41, 5.74) is 4.29. The van der Waals surface area contributed by atoms with E-state index in [9.17, 15) is 4.79 Å². The molecule has 104 valence electrons. The van der Waals surface area contributed by atoms with Gasteiger partial charge in [-0.1, -0.05) is 0 Å². The molecule has 1 fully saturated rings. The number of ether oxygens (including phenoxy) is 1. The fourth-order valence-corrected chi connectivity index (χ4v) is 2.44. The lowest BCUT2D eigenvalue weighted by atomic mass is 9.99. The van der Waals surface area contributed by atoms with Crippen molar-refractivity contribution in [3.8, 4) is 0 Å². The molecule has 4 nitrogen and oxygen atoms in total. The van der Waals surface area contributed by atoms with Gasteiger partial charge in [-0.2, -0.15) is 0 Å². The first-order chi connectivity index (χ1) is 9.11. The Balaban J connectivity index is 2.22. The molecule has 19 heavy (non-hydrogen) atoms. The van der Waals surface area contributed by atoms with Gasteiger partial charge in [0, 0.05) is 32.7 Å². The second-order valence-electron chi connectivity index (χ2n) is 5.09. The Morgan fingerprint density at radius 3 is 2.63 bits per heavy atom. The molecule has 1 N–H and O–H groups in total. The number of methoxy groups -OCH3 is 1. The van der Waals surface area contributed by atoms with Crippen molar-refractivity contribution in [2.45, 2.75) is 20.4 Å². The third-order valence-electron chi connectivity index (χ3n) is 3.80. The summed E-state index contributed by atoms with van der Waals surface area (Å²) in [7, 11) is 1.42. The number of nitrogens with one attached hydrogen (secondary N) is 1. The van der Waals surface area contributed by atoms with Crippen molar-refractivity contribution in [3.05, 3.63) is 34.4 Å². The molecule has 2 rings (SSSR count). The minimum atomic E-state index is -0.260. The number of benzene rings is 1. The van der Waals surface area contributed by atoms with Crippen molar-refractivity contribution in [1.29, 1.82) is 0 Å². The van der Waals surface area contributed by atoms with E-state index in [1.54, 1.807) is 0 Å². The van der Waals surface area contributed by atoms with Crippen molar-refractivity contribution in [1.82, 2.24) is 10.2 Å².